The molecule has 0 spiro atoms. The van der Waals surface area contributed by atoms with E-state index in [4.69, 9.17) is 0 Å². The van der Waals surface area contributed by atoms with Gasteiger partial charge in [0.2, 0.25) is 0 Å². The third-order valence-corrected chi connectivity index (χ3v) is 2.31. The number of aryl methyl sites for hydroxylation is 2. The number of rotatable bonds is 4. The number of hydrogen-bond acceptors (Lipinski definition) is 4. The molecule has 1 rings (SSSR count). The van der Waals surface area contributed by atoms with Crippen LogP contribution in [-0.4, -0.2) is 34.9 Å². The first-order valence-corrected chi connectivity index (χ1v) is 5.00. The molecule has 15 heavy (non-hydrogen) atoms. The Morgan fingerprint density at radius 1 is 1.40 bits per heavy atom. The average molecular weight is 210 g/mol. The van der Waals surface area contributed by atoms with Crippen molar-refractivity contribution in [2.75, 3.05) is 13.6 Å². The molecular formula is C11H18N2O2. The summed E-state index contributed by atoms with van der Waals surface area (Å²) in [6, 6.07) is 1.94. The lowest BCUT2D eigenvalue weighted by molar-refractivity contribution is 0.0172. The molecule has 0 aliphatic carbocycles. The Labute approximate surface area is 90.0 Å². The molecule has 0 aromatic carbocycles. The van der Waals surface area contributed by atoms with Crippen molar-refractivity contribution in [3.05, 3.63) is 29.1 Å². The summed E-state index contributed by atoms with van der Waals surface area (Å²) in [4.78, 5) is 4.14. The lowest BCUT2D eigenvalue weighted by Gasteiger charge is -2.18. The van der Waals surface area contributed by atoms with Crippen molar-refractivity contribution in [1.82, 2.24) is 10.3 Å². The highest BCUT2D eigenvalue weighted by atomic mass is 16.3. The lowest BCUT2D eigenvalue weighted by Crippen LogP contribution is -2.30. The monoisotopic (exact) mass is 210 g/mol. The lowest BCUT2D eigenvalue weighted by atomic mass is 10.0. The summed E-state index contributed by atoms with van der Waals surface area (Å²) in [5.41, 5.74) is 2.49. The molecule has 0 fully saturated rings. The summed E-state index contributed by atoms with van der Waals surface area (Å²) >= 11 is 0. The average Bonchev–Trinajstić information content (AvgIpc) is 2.17. The van der Waals surface area contributed by atoms with Crippen LogP contribution < -0.4 is 5.32 Å². The van der Waals surface area contributed by atoms with Gasteiger partial charge in [0.15, 0.2) is 0 Å². The molecule has 3 N–H and O–H groups in total. The Kier molecular flexibility index (Phi) is 4.20. The number of hydrogen-bond donors (Lipinski definition) is 3. The predicted octanol–water partition coefficient (Wildman–Crippen LogP) is 0.312. The summed E-state index contributed by atoms with van der Waals surface area (Å²) in [5, 5.41) is 22.3. The first-order valence-electron chi connectivity index (χ1n) is 5.00. The zero-order valence-corrected chi connectivity index (χ0v) is 9.36. The van der Waals surface area contributed by atoms with Crippen LogP contribution in [0.5, 0.6) is 0 Å². The van der Waals surface area contributed by atoms with Crippen molar-refractivity contribution in [3.63, 3.8) is 0 Å². The Morgan fingerprint density at radius 2 is 2.07 bits per heavy atom. The minimum absolute atomic E-state index is 0.343. The normalized spacial score (nSPS) is 15.0. The van der Waals surface area contributed by atoms with Crippen LogP contribution in [0, 0.1) is 13.8 Å². The Hall–Kier alpha value is -0.970. The highest BCUT2D eigenvalue weighted by Crippen LogP contribution is 2.18. The zero-order chi connectivity index (χ0) is 11.4. The van der Waals surface area contributed by atoms with Crippen molar-refractivity contribution < 1.29 is 10.2 Å². The van der Waals surface area contributed by atoms with Crippen LogP contribution in [0.15, 0.2) is 12.3 Å². The fourth-order valence-corrected chi connectivity index (χ4v) is 1.54. The fraction of sp³-hybridized carbons (Fsp3) is 0.545. The molecule has 0 radical (unpaired) electrons. The Balaban J connectivity index is 2.86. The molecule has 0 aliphatic rings. The van der Waals surface area contributed by atoms with Gasteiger partial charge in [-0.3, -0.25) is 4.98 Å². The van der Waals surface area contributed by atoms with Gasteiger partial charge in [-0.2, -0.15) is 0 Å². The highest BCUT2D eigenvalue weighted by Gasteiger charge is 2.20. The summed E-state index contributed by atoms with van der Waals surface area (Å²) in [6.07, 6.45) is -0.0700. The van der Waals surface area contributed by atoms with Crippen LogP contribution in [0.4, 0.5) is 0 Å². The molecule has 0 bridgehead atoms. The van der Waals surface area contributed by atoms with E-state index in [1.54, 1.807) is 13.2 Å². The van der Waals surface area contributed by atoms with E-state index in [0.717, 1.165) is 11.1 Å². The SMILES string of the molecule is CNCC(O)C(O)c1ncc(C)cc1C. The molecule has 4 heteroatoms. The van der Waals surface area contributed by atoms with Gasteiger partial charge in [0.25, 0.3) is 0 Å². The van der Waals surface area contributed by atoms with Crippen molar-refractivity contribution in [2.45, 2.75) is 26.1 Å². The number of aliphatic hydroxyl groups excluding tert-OH is 2. The highest BCUT2D eigenvalue weighted by molar-refractivity contribution is 5.25. The Morgan fingerprint density at radius 3 is 2.60 bits per heavy atom. The molecule has 84 valence electrons. The topological polar surface area (TPSA) is 65.4 Å². The van der Waals surface area contributed by atoms with Crippen molar-refractivity contribution in [3.8, 4) is 0 Å². The standard InChI is InChI=1S/C11H18N2O2/c1-7-4-8(2)10(13-5-7)11(15)9(14)6-12-3/h4-5,9,11-12,14-15H,6H2,1-3H3. The molecule has 0 aliphatic heterocycles. The van der Waals surface area contributed by atoms with Gasteiger partial charge in [0.1, 0.15) is 6.10 Å². The van der Waals surface area contributed by atoms with E-state index in [1.165, 1.54) is 0 Å². The number of aliphatic hydroxyl groups is 2. The van der Waals surface area contributed by atoms with Gasteiger partial charge in [0.05, 0.1) is 11.8 Å². The molecular weight excluding hydrogens is 192 g/mol. The third-order valence-electron chi connectivity index (χ3n) is 2.31. The molecule has 1 heterocycles. The third kappa shape index (κ3) is 2.99. The van der Waals surface area contributed by atoms with Gasteiger partial charge in [0, 0.05) is 12.7 Å². The first kappa shape index (κ1) is 12.1. The quantitative estimate of drug-likeness (QED) is 0.669. The van der Waals surface area contributed by atoms with Crippen LogP contribution in [0.2, 0.25) is 0 Å². The molecule has 1 aromatic rings. The number of nitrogens with zero attached hydrogens (tertiary/aromatic N) is 1. The summed E-state index contributed by atoms with van der Waals surface area (Å²) in [7, 11) is 1.73. The van der Waals surface area contributed by atoms with Crippen LogP contribution in [-0.2, 0) is 0 Å². The molecule has 4 nitrogen and oxygen atoms in total. The van der Waals surface area contributed by atoms with E-state index in [0.29, 0.717) is 12.2 Å². The smallest absolute Gasteiger partial charge is 0.123 e. The molecule has 2 unspecified atom stereocenters. The van der Waals surface area contributed by atoms with Gasteiger partial charge in [-0.05, 0) is 32.0 Å². The Bertz CT molecular complexity index is 328. The molecule has 1 aromatic heterocycles. The summed E-state index contributed by atoms with van der Waals surface area (Å²) in [6.45, 7) is 4.17. The minimum atomic E-state index is -0.932. The van der Waals surface area contributed by atoms with Crippen LogP contribution >= 0.6 is 0 Å². The van der Waals surface area contributed by atoms with Gasteiger partial charge in [-0.1, -0.05) is 6.07 Å². The van der Waals surface area contributed by atoms with Crippen LogP contribution in [0.1, 0.15) is 22.9 Å². The van der Waals surface area contributed by atoms with Gasteiger partial charge < -0.3 is 15.5 Å². The minimum Gasteiger partial charge on any atom is -0.389 e. The second-order valence-corrected chi connectivity index (χ2v) is 3.78. The molecule has 0 saturated carbocycles. The van der Waals surface area contributed by atoms with Gasteiger partial charge in [-0.25, -0.2) is 0 Å². The van der Waals surface area contributed by atoms with Gasteiger partial charge >= 0.3 is 0 Å². The van der Waals surface area contributed by atoms with E-state index in [-0.39, 0.29) is 0 Å². The fourth-order valence-electron chi connectivity index (χ4n) is 1.54. The van der Waals surface area contributed by atoms with Crippen molar-refractivity contribution >= 4 is 0 Å². The summed E-state index contributed by atoms with van der Waals surface area (Å²) < 4.78 is 0. The summed E-state index contributed by atoms with van der Waals surface area (Å²) in [5.74, 6) is 0. The molecule has 2 atom stereocenters. The number of pyridine rings is 1. The molecule has 0 amide bonds. The van der Waals surface area contributed by atoms with Crippen molar-refractivity contribution in [1.29, 1.82) is 0 Å². The van der Waals surface area contributed by atoms with Gasteiger partial charge in [-0.15, -0.1) is 0 Å². The predicted molar refractivity (Wildman–Crippen MR) is 58.6 cm³/mol. The number of likely N-dealkylation sites (N-methyl/N-ethyl adjacent to an activating group) is 1. The van der Waals surface area contributed by atoms with Crippen LogP contribution in [0.3, 0.4) is 0 Å². The second-order valence-electron chi connectivity index (χ2n) is 3.78. The van der Waals surface area contributed by atoms with Crippen LogP contribution in [0.25, 0.3) is 0 Å². The number of aromatic nitrogens is 1. The second kappa shape index (κ2) is 5.21. The van der Waals surface area contributed by atoms with E-state index in [2.05, 4.69) is 10.3 Å². The van der Waals surface area contributed by atoms with E-state index in [1.807, 2.05) is 19.9 Å². The first-order chi connectivity index (χ1) is 7.06. The van der Waals surface area contributed by atoms with E-state index in [9.17, 15) is 10.2 Å². The van der Waals surface area contributed by atoms with Crippen molar-refractivity contribution in [2.24, 2.45) is 0 Å². The number of nitrogens with one attached hydrogen (secondary N) is 1. The maximum Gasteiger partial charge on any atom is 0.123 e. The largest absolute Gasteiger partial charge is 0.389 e. The maximum atomic E-state index is 9.84. The van der Waals surface area contributed by atoms with E-state index >= 15 is 0 Å². The zero-order valence-electron chi connectivity index (χ0n) is 9.36. The molecule has 0 saturated heterocycles. The van der Waals surface area contributed by atoms with E-state index < -0.39 is 12.2 Å². The maximum absolute atomic E-state index is 9.84.